The van der Waals surface area contributed by atoms with Crippen LogP contribution in [0.25, 0.3) is 6.08 Å². The number of aromatic nitrogens is 2. The summed E-state index contributed by atoms with van der Waals surface area (Å²) in [6, 6.07) is 18.5. The van der Waals surface area contributed by atoms with Gasteiger partial charge >= 0.3 is 6.18 Å². The Balaban J connectivity index is 1.36. The molecule has 1 aliphatic rings. The highest BCUT2D eigenvalue weighted by molar-refractivity contribution is 5.96. The maximum Gasteiger partial charge on any atom is 0.417 e. The van der Waals surface area contributed by atoms with Crippen LogP contribution in [-0.2, 0) is 6.18 Å². The molecule has 1 saturated heterocycles. The number of nitrogens with zero attached hydrogens (tertiary/aromatic N) is 5. The predicted molar refractivity (Wildman–Crippen MR) is 125 cm³/mol. The monoisotopic (exact) mass is 467 g/mol. The van der Waals surface area contributed by atoms with Gasteiger partial charge in [0.1, 0.15) is 0 Å². The zero-order valence-corrected chi connectivity index (χ0v) is 18.6. The number of amides is 1. The van der Waals surface area contributed by atoms with Crippen molar-refractivity contribution in [3.05, 3.63) is 89.6 Å². The number of piperazine rings is 1. The summed E-state index contributed by atoms with van der Waals surface area (Å²) in [7, 11) is 1.88. The van der Waals surface area contributed by atoms with E-state index in [1.807, 2.05) is 71.6 Å². The largest absolute Gasteiger partial charge is 0.417 e. The van der Waals surface area contributed by atoms with Crippen LogP contribution in [0, 0.1) is 0 Å². The highest BCUT2D eigenvalue weighted by Crippen LogP contribution is 2.32. The van der Waals surface area contributed by atoms with Gasteiger partial charge in [0.05, 0.1) is 11.1 Å². The van der Waals surface area contributed by atoms with E-state index in [1.54, 1.807) is 0 Å². The number of hydrogen-bond donors (Lipinski definition) is 0. The minimum Gasteiger partial charge on any atom is -0.352 e. The fourth-order valence-electron chi connectivity index (χ4n) is 3.74. The summed E-state index contributed by atoms with van der Waals surface area (Å²) in [4.78, 5) is 18.0. The molecule has 0 N–H and O–H groups in total. The van der Waals surface area contributed by atoms with Gasteiger partial charge in [0.2, 0.25) is 0 Å². The van der Waals surface area contributed by atoms with Crippen LogP contribution in [0.15, 0.2) is 72.9 Å². The molecule has 1 amide bonds. The first-order valence-electron chi connectivity index (χ1n) is 10.8. The van der Waals surface area contributed by atoms with Crippen LogP contribution in [0.2, 0.25) is 0 Å². The molecule has 176 valence electrons. The normalized spacial score (nSPS) is 14.5. The van der Waals surface area contributed by atoms with Gasteiger partial charge < -0.3 is 14.7 Å². The van der Waals surface area contributed by atoms with Crippen molar-refractivity contribution in [2.45, 2.75) is 6.18 Å². The zero-order valence-electron chi connectivity index (χ0n) is 18.6. The highest BCUT2D eigenvalue weighted by Gasteiger charge is 2.36. The molecule has 34 heavy (non-hydrogen) atoms. The molecule has 2 aromatic carbocycles. The van der Waals surface area contributed by atoms with Crippen molar-refractivity contribution in [1.29, 1.82) is 0 Å². The molecule has 0 atom stereocenters. The third-order valence-electron chi connectivity index (χ3n) is 5.64. The molecule has 4 rings (SSSR count). The molecule has 0 spiro atoms. The molecule has 0 saturated carbocycles. The van der Waals surface area contributed by atoms with Gasteiger partial charge in [-0.1, -0.05) is 42.5 Å². The van der Waals surface area contributed by atoms with Crippen molar-refractivity contribution in [3.8, 4) is 0 Å². The summed E-state index contributed by atoms with van der Waals surface area (Å²) in [6.07, 6.45) is -0.695. The lowest BCUT2D eigenvalue weighted by Crippen LogP contribution is -2.49. The Morgan fingerprint density at radius 2 is 1.59 bits per heavy atom. The Labute approximate surface area is 195 Å². The lowest BCUT2D eigenvalue weighted by molar-refractivity contribution is -0.138. The van der Waals surface area contributed by atoms with Crippen molar-refractivity contribution in [2.24, 2.45) is 0 Å². The maximum absolute atomic E-state index is 13.3. The van der Waals surface area contributed by atoms with Gasteiger partial charge in [-0.2, -0.15) is 13.2 Å². The van der Waals surface area contributed by atoms with Crippen LogP contribution >= 0.6 is 0 Å². The SMILES string of the molecule is CN(C=Cc1ccccc1)c1ccc(N2CCN(C(=O)c3ccccc3C(F)(F)F)CC2)nn1. The van der Waals surface area contributed by atoms with E-state index in [1.165, 1.54) is 23.1 Å². The van der Waals surface area contributed by atoms with Crippen LogP contribution < -0.4 is 9.80 Å². The molecule has 3 aromatic rings. The Morgan fingerprint density at radius 3 is 2.24 bits per heavy atom. The van der Waals surface area contributed by atoms with E-state index in [9.17, 15) is 18.0 Å². The quantitative estimate of drug-likeness (QED) is 0.551. The van der Waals surface area contributed by atoms with Gasteiger partial charge in [-0.25, -0.2) is 0 Å². The molecule has 1 fully saturated rings. The van der Waals surface area contributed by atoms with Gasteiger partial charge in [0.25, 0.3) is 5.91 Å². The van der Waals surface area contributed by atoms with E-state index in [4.69, 9.17) is 0 Å². The second-order valence-corrected chi connectivity index (χ2v) is 7.91. The highest BCUT2D eigenvalue weighted by atomic mass is 19.4. The van der Waals surface area contributed by atoms with Crippen molar-refractivity contribution >= 4 is 23.6 Å². The molecule has 1 aliphatic heterocycles. The summed E-state index contributed by atoms with van der Waals surface area (Å²) in [5.74, 6) is 0.723. The molecule has 0 aliphatic carbocycles. The second kappa shape index (κ2) is 9.94. The second-order valence-electron chi connectivity index (χ2n) is 7.91. The number of benzene rings is 2. The van der Waals surface area contributed by atoms with Crippen LogP contribution in [0.5, 0.6) is 0 Å². The smallest absolute Gasteiger partial charge is 0.352 e. The summed E-state index contributed by atoms with van der Waals surface area (Å²) < 4.78 is 39.8. The number of anilines is 2. The molecular formula is C25H24F3N5O. The fraction of sp³-hybridized carbons (Fsp3) is 0.240. The number of halogens is 3. The molecule has 6 nitrogen and oxygen atoms in total. The molecule has 0 bridgehead atoms. The van der Waals surface area contributed by atoms with Gasteiger partial charge in [-0.15, -0.1) is 10.2 Å². The Kier molecular flexibility index (Phi) is 6.81. The van der Waals surface area contributed by atoms with Gasteiger partial charge in [-0.05, 0) is 35.9 Å². The Hall–Kier alpha value is -3.88. The van der Waals surface area contributed by atoms with Gasteiger partial charge in [-0.3, -0.25) is 4.79 Å². The third-order valence-corrected chi connectivity index (χ3v) is 5.64. The van der Waals surface area contributed by atoms with Crippen molar-refractivity contribution < 1.29 is 18.0 Å². The van der Waals surface area contributed by atoms with E-state index in [0.29, 0.717) is 37.8 Å². The zero-order chi connectivity index (χ0) is 24.1. The Morgan fingerprint density at radius 1 is 0.912 bits per heavy atom. The number of alkyl halides is 3. The standard InChI is InChI=1S/C25H24F3N5O/c1-31(14-13-19-7-3-2-4-8-19)22-11-12-23(30-29-22)32-15-17-33(18-16-32)24(34)20-9-5-6-10-21(20)25(26,27)28/h2-14H,15-18H2,1H3. The first-order valence-corrected chi connectivity index (χ1v) is 10.8. The minimum absolute atomic E-state index is 0.300. The summed E-state index contributed by atoms with van der Waals surface area (Å²) in [5, 5.41) is 8.58. The summed E-state index contributed by atoms with van der Waals surface area (Å²) in [5.41, 5.74) is -0.155. The molecule has 1 aromatic heterocycles. The van der Waals surface area contributed by atoms with Crippen LogP contribution in [-0.4, -0.2) is 54.2 Å². The number of carbonyl (C=O) groups is 1. The lowest BCUT2D eigenvalue weighted by Gasteiger charge is -2.35. The van der Waals surface area contributed by atoms with Crippen molar-refractivity contribution in [3.63, 3.8) is 0 Å². The average Bonchev–Trinajstić information content (AvgIpc) is 2.87. The first kappa shape index (κ1) is 23.3. The van der Waals surface area contributed by atoms with E-state index in [0.717, 1.165) is 11.6 Å². The number of hydrogen-bond acceptors (Lipinski definition) is 5. The lowest BCUT2D eigenvalue weighted by atomic mass is 10.1. The summed E-state index contributed by atoms with van der Waals surface area (Å²) in [6.45, 7) is 1.51. The maximum atomic E-state index is 13.3. The first-order chi connectivity index (χ1) is 16.3. The van der Waals surface area contributed by atoms with Crippen LogP contribution in [0.3, 0.4) is 0 Å². The number of rotatable bonds is 5. The van der Waals surface area contributed by atoms with Crippen molar-refractivity contribution in [1.82, 2.24) is 15.1 Å². The molecule has 0 unspecified atom stereocenters. The van der Waals surface area contributed by atoms with E-state index < -0.39 is 17.6 Å². The predicted octanol–water partition coefficient (Wildman–Crippen LogP) is 4.56. The van der Waals surface area contributed by atoms with Crippen LogP contribution in [0.1, 0.15) is 21.5 Å². The fourth-order valence-corrected chi connectivity index (χ4v) is 3.74. The number of carbonyl (C=O) groups excluding carboxylic acids is 1. The molecule has 9 heteroatoms. The Bertz CT molecular complexity index is 1140. The van der Waals surface area contributed by atoms with E-state index >= 15 is 0 Å². The van der Waals surface area contributed by atoms with Crippen molar-refractivity contribution in [2.75, 3.05) is 43.0 Å². The topological polar surface area (TPSA) is 52.6 Å². The van der Waals surface area contributed by atoms with E-state index in [2.05, 4.69) is 10.2 Å². The summed E-state index contributed by atoms with van der Waals surface area (Å²) >= 11 is 0. The molecule has 0 radical (unpaired) electrons. The average molecular weight is 467 g/mol. The molecular weight excluding hydrogens is 443 g/mol. The van der Waals surface area contributed by atoms with E-state index in [-0.39, 0.29) is 5.56 Å². The van der Waals surface area contributed by atoms with Gasteiger partial charge in [0, 0.05) is 39.4 Å². The molecule has 2 heterocycles. The third kappa shape index (κ3) is 5.36. The van der Waals surface area contributed by atoms with Gasteiger partial charge in [0.15, 0.2) is 11.6 Å². The minimum atomic E-state index is -4.57. The van der Waals surface area contributed by atoms with Crippen LogP contribution in [0.4, 0.5) is 24.8 Å².